The summed E-state index contributed by atoms with van der Waals surface area (Å²) >= 11 is 2.80. The maximum atomic E-state index is 12.8. The first-order chi connectivity index (χ1) is 9.79. The van der Waals surface area contributed by atoms with Crippen LogP contribution in [0.25, 0.3) is 0 Å². The highest BCUT2D eigenvalue weighted by Crippen LogP contribution is 2.36. The first-order valence-electron chi connectivity index (χ1n) is 5.64. The molecule has 0 aliphatic heterocycles. The molecule has 1 aromatic heterocycles. The van der Waals surface area contributed by atoms with Crippen LogP contribution in [0.3, 0.4) is 0 Å². The van der Waals surface area contributed by atoms with Gasteiger partial charge in [-0.05, 0) is 18.2 Å². The molecule has 0 spiro atoms. The summed E-state index contributed by atoms with van der Waals surface area (Å²) in [5.41, 5.74) is -1.69. The van der Waals surface area contributed by atoms with Crippen LogP contribution in [-0.2, 0) is 6.18 Å². The number of carbonyl (C=O) groups is 1. The molecule has 4 nitrogen and oxygen atoms in total. The second kappa shape index (κ2) is 5.72. The molecule has 2 aromatic rings. The van der Waals surface area contributed by atoms with Crippen LogP contribution < -0.4 is 10.7 Å². The molecular weight excluding hydrogens is 353 g/mol. The van der Waals surface area contributed by atoms with Crippen LogP contribution in [0.1, 0.15) is 15.9 Å². The molecule has 21 heavy (non-hydrogen) atoms. The highest BCUT2D eigenvalue weighted by Gasteiger charge is 2.33. The van der Waals surface area contributed by atoms with Gasteiger partial charge in [-0.1, -0.05) is 15.9 Å². The number of hydrogen-bond donors (Lipinski definition) is 2. The standard InChI is InChI=1S/C13H8BrF3N2O2/c14-10-2-1-7(5-9(10)13(15,16)17)19-12(21)8-6-18-4-3-11(8)20/h1-6H,(H,18,20)(H,19,21). The molecule has 110 valence electrons. The normalized spacial score (nSPS) is 11.2. The highest BCUT2D eigenvalue weighted by atomic mass is 79.9. The van der Waals surface area contributed by atoms with Gasteiger partial charge >= 0.3 is 6.18 Å². The first-order valence-corrected chi connectivity index (χ1v) is 6.43. The van der Waals surface area contributed by atoms with E-state index >= 15 is 0 Å². The summed E-state index contributed by atoms with van der Waals surface area (Å²) in [6, 6.07) is 4.42. The third kappa shape index (κ3) is 3.52. The summed E-state index contributed by atoms with van der Waals surface area (Å²) in [6.45, 7) is 0. The number of hydrogen-bond acceptors (Lipinski definition) is 2. The van der Waals surface area contributed by atoms with Crippen molar-refractivity contribution in [2.24, 2.45) is 0 Å². The zero-order valence-corrected chi connectivity index (χ0v) is 11.9. The Bertz CT molecular complexity index is 741. The monoisotopic (exact) mass is 360 g/mol. The second-order valence-electron chi connectivity index (χ2n) is 4.07. The van der Waals surface area contributed by atoms with E-state index in [9.17, 15) is 22.8 Å². The van der Waals surface area contributed by atoms with E-state index in [4.69, 9.17) is 0 Å². The lowest BCUT2D eigenvalue weighted by Gasteiger charge is -2.11. The van der Waals surface area contributed by atoms with Gasteiger partial charge in [0.25, 0.3) is 5.91 Å². The van der Waals surface area contributed by atoms with Crippen LogP contribution in [-0.4, -0.2) is 10.9 Å². The SMILES string of the molecule is O=C(Nc1ccc(Br)c(C(F)(F)F)c1)c1c[nH]ccc1=O. The van der Waals surface area contributed by atoms with Gasteiger partial charge in [0.2, 0.25) is 0 Å². The van der Waals surface area contributed by atoms with Gasteiger partial charge in [-0.15, -0.1) is 0 Å². The third-order valence-electron chi connectivity index (χ3n) is 2.60. The minimum atomic E-state index is -4.55. The first kappa shape index (κ1) is 15.3. The van der Waals surface area contributed by atoms with E-state index in [-0.39, 0.29) is 15.7 Å². The van der Waals surface area contributed by atoms with Crippen molar-refractivity contribution in [1.29, 1.82) is 0 Å². The molecule has 0 saturated carbocycles. The molecule has 1 amide bonds. The number of aromatic nitrogens is 1. The van der Waals surface area contributed by atoms with Crippen LogP contribution in [0.2, 0.25) is 0 Å². The Kier molecular flexibility index (Phi) is 4.17. The molecule has 0 bridgehead atoms. The van der Waals surface area contributed by atoms with E-state index < -0.39 is 23.1 Å². The molecule has 2 rings (SSSR count). The number of nitrogens with one attached hydrogen (secondary N) is 2. The van der Waals surface area contributed by atoms with Crippen LogP contribution in [0.4, 0.5) is 18.9 Å². The molecule has 2 N–H and O–H groups in total. The minimum absolute atomic E-state index is 0.0567. The quantitative estimate of drug-likeness (QED) is 0.861. The molecule has 0 aliphatic carbocycles. The fourth-order valence-electron chi connectivity index (χ4n) is 1.61. The van der Waals surface area contributed by atoms with Crippen molar-refractivity contribution in [3.05, 3.63) is 62.5 Å². The van der Waals surface area contributed by atoms with Crippen molar-refractivity contribution >= 4 is 27.5 Å². The van der Waals surface area contributed by atoms with E-state index in [1.165, 1.54) is 24.5 Å². The average molecular weight is 361 g/mol. The Morgan fingerprint density at radius 2 is 1.95 bits per heavy atom. The average Bonchev–Trinajstić information content (AvgIpc) is 2.40. The van der Waals surface area contributed by atoms with Crippen molar-refractivity contribution in [2.75, 3.05) is 5.32 Å². The van der Waals surface area contributed by atoms with E-state index in [1.54, 1.807) is 0 Å². The van der Waals surface area contributed by atoms with Crippen molar-refractivity contribution < 1.29 is 18.0 Å². The zero-order valence-electron chi connectivity index (χ0n) is 10.3. The zero-order chi connectivity index (χ0) is 15.6. The summed E-state index contributed by atoms with van der Waals surface area (Å²) in [5, 5.41) is 2.26. The van der Waals surface area contributed by atoms with Gasteiger partial charge in [0.1, 0.15) is 5.56 Å². The number of anilines is 1. The Hall–Kier alpha value is -2.09. The molecule has 0 aliphatic rings. The van der Waals surface area contributed by atoms with Gasteiger partial charge in [0, 0.05) is 28.6 Å². The van der Waals surface area contributed by atoms with Gasteiger partial charge < -0.3 is 10.3 Å². The number of halogens is 4. The summed E-state index contributed by atoms with van der Waals surface area (Å²) in [6.07, 6.45) is -2.02. The minimum Gasteiger partial charge on any atom is -0.367 e. The Balaban J connectivity index is 2.31. The summed E-state index contributed by atoms with van der Waals surface area (Å²) in [7, 11) is 0. The van der Waals surface area contributed by atoms with Crippen molar-refractivity contribution in [3.63, 3.8) is 0 Å². The maximum Gasteiger partial charge on any atom is 0.417 e. The van der Waals surface area contributed by atoms with Crippen molar-refractivity contribution in [3.8, 4) is 0 Å². The van der Waals surface area contributed by atoms with Gasteiger partial charge in [-0.25, -0.2) is 0 Å². The largest absolute Gasteiger partial charge is 0.417 e. The fraction of sp³-hybridized carbons (Fsp3) is 0.0769. The van der Waals surface area contributed by atoms with Crippen molar-refractivity contribution in [2.45, 2.75) is 6.18 Å². The van der Waals surface area contributed by atoms with Gasteiger partial charge in [0.05, 0.1) is 5.56 Å². The predicted molar refractivity (Wildman–Crippen MR) is 74.2 cm³/mol. The number of benzene rings is 1. The molecule has 0 unspecified atom stereocenters. The summed E-state index contributed by atoms with van der Waals surface area (Å²) in [5.74, 6) is -0.785. The third-order valence-corrected chi connectivity index (χ3v) is 3.29. The van der Waals surface area contributed by atoms with Gasteiger partial charge in [-0.2, -0.15) is 13.2 Å². The molecule has 1 heterocycles. The highest BCUT2D eigenvalue weighted by molar-refractivity contribution is 9.10. The lowest BCUT2D eigenvalue weighted by molar-refractivity contribution is -0.138. The number of aromatic amines is 1. The summed E-state index contributed by atoms with van der Waals surface area (Å²) < 4.78 is 38.1. The number of pyridine rings is 1. The molecular formula is C13H8BrF3N2O2. The Labute approximate surface area is 125 Å². The van der Waals surface area contributed by atoms with E-state index in [0.29, 0.717) is 0 Å². The molecule has 1 aromatic carbocycles. The Morgan fingerprint density at radius 3 is 2.57 bits per heavy atom. The maximum absolute atomic E-state index is 12.8. The topological polar surface area (TPSA) is 62.0 Å². The smallest absolute Gasteiger partial charge is 0.367 e. The second-order valence-corrected chi connectivity index (χ2v) is 4.92. The Morgan fingerprint density at radius 1 is 1.24 bits per heavy atom. The molecule has 0 radical (unpaired) electrons. The van der Waals surface area contributed by atoms with Gasteiger partial charge in [-0.3, -0.25) is 9.59 Å². The lowest BCUT2D eigenvalue weighted by Crippen LogP contribution is -2.21. The number of carbonyl (C=O) groups excluding carboxylic acids is 1. The predicted octanol–water partition coefficient (Wildman–Crippen LogP) is 3.41. The van der Waals surface area contributed by atoms with E-state index in [1.807, 2.05) is 0 Å². The molecule has 0 atom stereocenters. The van der Waals surface area contributed by atoms with Gasteiger partial charge in [0.15, 0.2) is 5.43 Å². The van der Waals surface area contributed by atoms with Crippen LogP contribution >= 0.6 is 15.9 Å². The number of rotatable bonds is 2. The number of amides is 1. The molecule has 0 saturated heterocycles. The summed E-state index contributed by atoms with van der Waals surface area (Å²) in [4.78, 5) is 25.9. The lowest BCUT2D eigenvalue weighted by atomic mass is 10.2. The van der Waals surface area contributed by atoms with Crippen LogP contribution in [0.5, 0.6) is 0 Å². The van der Waals surface area contributed by atoms with E-state index in [0.717, 1.165) is 12.1 Å². The molecule has 8 heteroatoms. The van der Waals surface area contributed by atoms with E-state index in [2.05, 4.69) is 26.2 Å². The van der Waals surface area contributed by atoms with Crippen molar-refractivity contribution in [1.82, 2.24) is 4.98 Å². The van der Waals surface area contributed by atoms with Crippen LogP contribution in [0.15, 0.2) is 45.9 Å². The fourth-order valence-corrected chi connectivity index (χ4v) is 2.08. The number of H-pyrrole nitrogens is 1. The van der Waals surface area contributed by atoms with Crippen LogP contribution in [0, 0.1) is 0 Å². The molecule has 0 fully saturated rings. The number of alkyl halides is 3.